The number of aliphatic carboxylic acids is 1. The van der Waals surface area contributed by atoms with Crippen molar-refractivity contribution in [3.8, 4) is 0 Å². The third-order valence-electron chi connectivity index (χ3n) is 3.00. The van der Waals surface area contributed by atoms with Gasteiger partial charge in [-0.05, 0) is 14.0 Å². The summed E-state index contributed by atoms with van der Waals surface area (Å²) < 4.78 is 0. The number of likely N-dealkylation sites (N-methyl/N-ethyl adjacent to an activating group) is 1. The van der Waals surface area contributed by atoms with E-state index in [1.807, 2.05) is 11.9 Å². The zero-order valence-corrected chi connectivity index (χ0v) is 9.57. The van der Waals surface area contributed by atoms with Crippen LogP contribution >= 0.6 is 0 Å². The normalized spacial score (nSPS) is 20.5. The van der Waals surface area contributed by atoms with Crippen molar-refractivity contribution in [2.24, 2.45) is 0 Å². The molecule has 1 atom stereocenters. The number of carboxylic acids is 1. The molecular formula is C10H21N3O2. The Morgan fingerprint density at radius 2 is 2.13 bits per heavy atom. The predicted octanol–water partition coefficient (Wildman–Crippen LogP) is -0.703. The van der Waals surface area contributed by atoms with Gasteiger partial charge in [0.25, 0.3) is 0 Å². The summed E-state index contributed by atoms with van der Waals surface area (Å²) in [6.45, 7) is 7.70. The Morgan fingerprint density at radius 3 is 2.67 bits per heavy atom. The molecule has 1 fully saturated rings. The van der Waals surface area contributed by atoms with E-state index >= 15 is 0 Å². The van der Waals surface area contributed by atoms with Crippen LogP contribution in [0.4, 0.5) is 0 Å². The van der Waals surface area contributed by atoms with Crippen molar-refractivity contribution in [3.63, 3.8) is 0 Å². The number of carboxylic acid groups (broad SMARTS) is 1. The van der Waals surface area contributed by atoms with Crippen LogP contribution in [0.1, 0.15) is 6.92 Å². The lowest BCUT2D eigenvalue weighted by Gasteiger charge is -2.30. The smallest absolute Gasteiger partial charge is 0.320 e. The van der Waals surface area contributed by atoms with Crippen LogP contribution < -0.4 is 5.32 Å². The van der Waals surface area contributed by atoms with Gasteiger partial charge in [-0.25, -0.2) is 0 Å². The van der Waals surface area contributed by atoms with E-state index < -0.39 is 12.0 Å². The van der Waals surface area contributed by atoms with Gasteiger partial charge in [0.2, 0.25) is 0 Å². The monoisotopic (exact) mass is 215 g/mol. The predicted molar refractivity (Wildman–Crippen MR) is 59.0 cm³/mol. The molecule has 0 bridgehead atoms. The highest BCUT2D eigenvalue weighted by atomic mass is 16.4. The fourth-order valence-corrected chi connectivity index (χ4v) is 1.62. The average molecular weight is 215 g/mol. The molecule has 1 aliphatic heterocycles. The fourth-order valence-electron chi connectivity index (χ4n) is 1.62. The Labute approximate surface area is 91.0 Å². The van der Waals surface area contributed by atoms with Crippen molar-refractivity contribution in [1.29, 1.82) is 0 Å². The van der Waals surface area contributed by atoms with Gasteiger partial charge < -0.3 is 10.4 Å². The summed E-state index contributed by atoms with van der Waals surface area (Å²) in [4.78, 5) is 15.0. The summed E-state index contributed by atoms with van der Waals surface area (Å²) in [5.41, 5.74) is 0. The Hall–Kier alpha value is -0.650. The minimum Gasteiger partial charge on any atom is -0.480 e. The van der Waals surface area contributed by atoms with E-state index in [1.165, 1.54) is 0 Å². The largest absolute Gasteiger partial charge is 0.480 e. The van der Waals surface area contributed by atoms with Gasteiger partial charge in [0, 0.05) is 39.3 Å². The summed E-state index contributed by atoms with van der Waals surface area (Å²) in [7, 11) is 1.86. The summed E-state index contributed by atoms with van der Waals surface area (Å²) in [5.74, 6) is -0.752. The topological polar surface area (TPSA) is 55.8 Å². The minimum atomic E-state index is -0.752. The molecule has 1 unspecified atom stereocenters. The van der Waals surface area contributed by atoms with Crippen molar-refractivity contribution >= 4 is 5.97 Å². The van der Waals surface area contributed by atoms with Crippen LogP contribution in [0.5, 0.6) is 0 Å². The van der Waals surface area contributed by atoms with Crippen molar-refractivity contribution in [3.05, 3.63) is 0 Å². The summed E-state index contributed by atoms with van der Waals surface area (Å²) >= 11 is 0. The molecule has 1 saturated heterocycles. The maximum absolute atomic E-state index is 10.7. The Kier molecular flexibility index (Phi) is 5.01. The van der Waals surface area contributed by atoms with Crippen LogP contribution in [-0.4, -0.2) is 73.2 Å². The number of hydrogen-bond acceptors (Lipinski definition) is 4. The second kappa shape index (κ2) is 6.05. The molecule has 88 valence electrons. The van der Waals surface area contributed by atoms with Crippen LogP contribution in [0.15, 0.2) is 0 Å². The highest BCUT2D eigenvalue weighted by Crippen LogP contribution is 1.97. The number of nitrogens with one attached hydrogen (secondary N) is 1. The number of rotatable bonds is 5. The molecule has 5 nitrogen and oxygen atoms in total. The third-order valence-corrected chi connectivity index (χ3v) is 3.00. The molecule has 1 aliphatic rings. The number of nitrogens with zero attached hydrogens (tertiary/aromatic N) is 2. The van der Waals surface area contributed by atoms with Gasteiger partial charge in [0.1, 0.15) is 6.04 Å². The zero-order chi connectivity index (χ0) is 11.3. The van der Waals surface area contributed by atoms with E-state index in [1.54, 1.807) is 6.92 Å². The summed E-state index contributed by atoms with van der Waals surface area (Å²) in [6.07, 6.45) is 0. The Morgan fingerprint density at radius 1 is 1.53 bits per heavy atom. The van der Waals surface area contributed by atoms with Gasteiger partial charge in [-0.3, -0.25) is 14.6 Å². The van der Waals surface area contributed by atoms with Gasteiger partial charge in [-0.1, -0.05) is 0 Å². The zero-order valence-electron chi connectivity index (χ0n) is 9.57. The van der Waals surface area contributed by atoms with E-state index in [9.17, 15) is 4.79 Å². The molecule has 0 spiro atoms. The molecule has 2 N–H and O–H groups in total. The van der Waals surface area contributed by atoms with Crippen LogP contribution in [-0.2, 0) is 4.79 Å². The molecule has 1 rings (SSSR count). The molecule has 0 amide bonds. The quantitative estimate of drug-likeness (QED) is 0.635. The van der Waals surface area contributed by atoms with E-state index in [4.69, 9.17) is 5.11 Å². The molecule has 5 heteroatoms. The number of carbonyl (C=O) groups is 1. The van der Waals surface area contributed by atoms with Gasteiger partial charge >= 0.3 is 5.97 Å². The van der Waals surface area contributed by atoms with E-state index in [-0.39, 0.29) is 0 Å². The fraction of sp³-hybridized carbons (Fsp3) is 0.900. The standard InChI is InChI=1S/C10H21N3O2/c1-9(10(14)15)12(2)7-8-13-5-3-11-4-6-13/h9,11H,3-8H2,1-2H3,(H,14,15). The molecule has 0 aromatic heterocycles. The van der Waals surface area contributed by atoms with Crippen molar-refractivity contribution < 1.29 is 9.90 Å². The maximum atomic E-state index is 10.7. The lowest BCUT2D eigenvalue weighted by molar-refractivity contribution is -0.142. The molecule has 0 aromatic carbocycles. The second-order valence-corrected chi connectivity index (χ2v) is 4.09. The van der Waals surface area contributed by atoms with Crippen LogP contribution in [0.25, 0.3) is 0 Å². The molecule has 0 radical (unpaired) electrons. The third kappa shape index (κ3) is 4.15. The maximum Gasteiger partial charge on any atom is 0.320 e. The molecule has 1 heterocycles. The first-order valence-corrected chi connectivity index (χ1v) is 5.47. The summed E-state index contributed by atoms with van der Waals surface area (Å²) in [6, 6.07) is -0.395. The first-order chi connectivity index (χ1) is 7.11. The van der Waals surface area contributed by atoms with Gasteiger partial charge in [0.05, 0.1) is 0 Å². The minimum absolute atomic E-state index is 0.395. The lowest BCUT2D eigenvalue weighted by Crippen LogP contribution is -2.47. The van der Waals surface area contributed by atoms with E-state index in [0.717, 1.165) is 39.3 Å². The Bertz CT molecular complexity index is 205. The lowest BCUT2D eigenvalue weighted by atomic mass is 10.3. The molecule has 0 aromatic rings. The molecule has 0 saturated carbocycles. The SMILES string of the molecule is CC(C(=O)O)N(C)CCN1CCNCC1. The Balaban J connectivity index is 2.20. The summed E-state index contributed by atoms with van der Waals surface area (Å²) in [5, 5.41) is 12.1. The van der Waals surface area contributed by atoms with E-state index in [0.29, 0.717) is 0 Å². The van der Waals surface area contributed by atoms with Crippen LogP contribution in [0, 0.1) is 0 Å². The van der Waals surface area contributed by atoms with Crippen molar-refractivity contribution in [2.75, 3.05) is 46.3 Å². The van der Waals surface area contributed by atoms with Crippen molar-refractivity contribution in [2.45, 2.75) is 13.0 Å². The van der Waals surface area contributed by atoms with Crippen molar-refractivity contribution in [1.82, 2.24) is 15.1 Å². The second-order valence-electron chi connectivity index (χ2n) is 4.09. The first-order valence-electron chi connectivity index (χ1n) is 5.47. The highest BCUT2D eigenvalue weighted by molar-refractivity contribution is 5.72. The van der Waals surface area contributed by atoms with Gasteiger partial charge in [0.15, 0.2) is 0 Å². The average Bonchev–Trinajstić information content (AvgIpc) is 2.26. The number of hydrogen-bond donors (Lipinski definition) is 2. The van der Waals surface area contributed by atoms with E-state index in [2.05, 4.69) is 10.2 Å². The molecule has 0 aliphatic carbocycles. The molecular weight excluding hydrogens is 194 g/mol. The molecule has 15 heavy (non-hydrogen) atoms. The van der Waals surface area contributed by atoms with Crippen LogP contribution in [0.2, 0.25) is 0 Å². The number of piperazine rings is 1. The van der Waals surface area contributed by atoms with Gasteiger partial charge in [-0.15, -0.1) is 0 Å². The highest BCUT2D eigenvalue weighted by Gasteiger charge is 2.17. The van der Waals surface area contributed by atoms with Crippen LogP contribution in [0.3, 0.4) is 0 Å². The first kappa shape index (κ1) is 12.4. The van der Waals surface area contributed by atoms with Gasteiger partial charge in [-0.2, -0.15) is 0 Å².